The minimum absolute atomic E-state index is 0.153. The lowest BCUT2D eigenvalue weighted by Gasteiger charge is -2.31. The van der Waals surface area contributed by atoms with E-state index in [4.69, 9.17) is 4.42 Å². The first-order valence-corrected chi connectivity index (χ1v) is 8.26. The summed E-state index contributed by atoms with van der Waals surface area (Å²) in [4.78, 5) is 4.70. The van der Waals surface area contributed by atoms with Crippen LogP contribution in [-0.4, -0.2) is 53.2 Å². The molecule has 5 heteroatoms. The van der Waals surface area contributed by atoms with Crippen molar-refractivity contribution in [2.24, 2.45) is 0 Å². The lowest BCUT2D eigenvalue weighted by Crippen LogP contribution is -2.43. The van der Waals surface area contributed by atoms with Crippen molar-refractivity contribution in [3.8, 4) is 11.5 Å². The van der Waals surface area contributed by atoms with Gasteiger partial charge in [-0.05, 0) is 30.2 Å². The van der Waals surface area contributed by atoms with Gasteiger partial charge in [-0.1, -0.05) is 32.9 Å². The maximum absolute atomic E-state index is 5.85. The van der Waals surface area contributed by atoms with Gasteiger partial charge in [0.05, 0.1) is 6.54 Å². The standard InChI is InChI=1S/C18H26N4O/c1-18(2,3)15-7-5-14(6-8-15)17-20-19-16(23-17)13-22-11-9-21(4)10-12-22/h5-8H,9-13H2,1-4H3. The van der Waals surface area contributed by atoms with Crippen LogP contribution in [0.1, 0.15) is 32.2 Å². The zero-order valence-electron chi connectivity index (χ0n) is 14.5. The van der Waals surface area contributed by atoms with Gasteiger partial charge < -0.3 is 9.32 Å². The van der Waals surface area contributed by atoms with Gasteiger partial charge in [0.25, 0.3) is 0 Å². The Morgan fingerprint density at radius 2 is 1.65 bits per heavy atom. The molecule has 1 aliphatic rings. The molecule has 23 heavy (non-hydrogen) atoms. The normalized spacial score (nSPS) is 17.6. The highest BCUT2D eigenvalue weighted by Crippen LogP contribution is 2.25. The Hall–Kier alpha value is -1.72. The largest absolute Gasteiger partial charge is 0.419 e. The maximum Gasteiger partial charge on any atom is 0.247 e. The Labute approximate surface area is 138 Å². The van der Waals surface area contributed by atoms with Crippen molar-refractivity contribution in [1.82, 2.24) is 20.0 Å². The lowest BCUT2D eigenvalue weighted by molar-refractivity contribution is 0.138. The van der Waals surface area contributed by atoms with E-state index >= 15 is 0 Å². The Morgan fingerprint density at radius 3 is 2.26 bits per heavy atom. The van der Waals surface area contributed by atoms with Crippen LogP contribution in [0.5, 0.6) is 0 Å². The predicted octanol–water partition coefficient (Wildman–Crippen LogP) is 2.78. The minimum Gasteiger partial charge on any atom is -0.419 e. The third-order valence-corrected chi connectivity index (χ3v) is 4.42. The first kappa shape index (κ1) is 16.1. The number of hydrogen-bond donors (Lipinski definition) is 0. The molecule has 1 aromatic carbocycles. The number of piperazine rings is 1. The first-order valence-electron chi connectivity index (χ1n) is 8.26. The van der Waals surface area contributed by atoms with Crippen LogP contribution < -0.4 is 0 Å². The SMILES string of the molecule is CN1CCN(Cc2nnc(-c3ccc(C(C)(C)C)cc3)o2)CC1. The van der Waals surface area contributed by atoms with Gasteiger partial charge in [-0.3, -0.25) is 4.90 Å². The fourth-order valence-electron chi connectivity index (χ4n) is 2.74. The van der Waals surface area contributed by atoms with Gasteiger partial charge in [0.1, 0.15) is 0 Å². The molecule has 0 bridgehead atoms. The third-order valence-electron chi connectivity index (χ3n) is 4.42. The zero-order chi connectivity index (χ0) is 16.4. The average molecular weight is 314 g/mol. The summed E-state index contributed by atoms with van der Waals surface area (Å²) in [6.45, 7) is 11.7. The van der Waals surface area contributed by atoms with E-state index in [2.05, 4.69) is 72.1 Å². The summed E-state index contributed by atoms with van der Waals surface area (Å²) in [6.07, 6.45) is 0. The van der Waals surface area contributed by atoms with Crippen molar-refractivity contribution in [2.45, 2.75) is 32.7 Å². The van der Waals surface area contributed by atoms with E-state index in [-0.39, 0.29) is 5.41 Å². The minimum atomic E-state index is 0.153. The Bertz CT molecular complexity index is 634. The molecule has 1 saturated heterocycles. The zero-order valence-corrected chi connectivity index (χ0v) is 14.5. The monoisotopic (exact) mass is 314 g/mol. The number of aromatic nitrogens is 2. The van der Waals surface area contributed by atoms with Gasteiger partial charge >= 0.3 is 0 Å². The highest BCUT2D eigenvalue weighted by Gasteiger charge is 2.18. The molecule has 0 spiro atoms. The molecule has 0 amide bonds. The van der Waals surface area contributed by atoms with Crippen molar-refractivity contribution >= 4 is 0 Å². The number of likely N-dealkylation sites (N-methyl/N-ethyl adjacent to an activating group) is 1. The van der Waals surface area contributed by atoms with E-state index in [9.17, 15) is 0 Å². The molecule has 1 aromatic heterocycles. The molecule has 0 unspecified atom stereocenters. The topological polar surface area (TPSA) is 45.4 Å². The molecule has 0 radical (unpaired) electrons. The number of hydrogen-bond acceptors (Lipinski definition) is 5. The fraction of sp³-hybridized carbons (Fsp3) is 0.556. The summed E-state index contributed by atoms with van der Waals surface area (Å²) >= 11 is 0. The molecule has 1 fully saturated rings. The van der Waals surface area contributed by atoms with Crippen molar-refractivity contribution < 1.29 is 4.42 Å². The Morgan fingerprint density at radius 1 is 1.00 bits per heavy atom. The molecule has 0 atom stereocenters. The lowest BCUT2D eigenvalue weighted by atomic mass is 9.87. The van der Waals surface area contributed by atoms with Crippen LogP contribution in [0.2, 0.25) is 0 Å². The van der Waals surface area contributed by atoms with Crippen LogP contribution in [0.3, 0.4) is 0 Å². The molecule has 124 valence electrons. The molecule has 0 aliphatic carbocycles. The van der Waals surface area contributed by atoms with Crippen molar-refractivity contribution in [1.29, 1.82) is 0 Å². The van der Waals surface area contributed by atoms with Crippen LogP contribution >= 0.6 is 0 Å². The molecule has 2 aromatic rings. The molecule has 1 aliphatic heterocycles. The Kier molecular flexibility index (Phi) is 4.50. The highest BCUT2D eigenvalue weighted by atomic mass is 16.4. The summed E-state index contributed by atoms with van der Waals surface area (Å²) in [5.74, 6) is 1.30. The number of benzene rings is 1. The smallest absolute Gasteiger partial charge is 0.247 e. The summed E-state index contributed by atoms with van der Waals surface area (Å²) in [7, 11) is 2.16. The second-order valence-corrected chi connectivity index (χ2v) is 7.41. The van der Waals surface area contributed by atoms with Crippen LogP contribution in [0.25, 0.3) is 11.5 Å². The Balaban J connectivity index is 1.67. The summed E-state index contributed by atoms with van der Waals surface area (Å²) in [6, 6.07) is 8.40. The van der Waals surface area contributed by atoms with Crippen LogP contribution in [0.15, 0.2) is 28.7 Å². The van der Waals surface area contributed by atoms with Crippen molar-refractivity contribution in [2.75, 3.05) is 33.2 Å². The summed E-state index contributed by atoms with van der Waals surface area (Å²) in [5, 5.41) is 8.41. The van der Waals surface area contributed by atoms with Crippen LogP contribution in [0.4, 0.5) is 0 Å². The van der Waals surface area contributed by atoms with Crippen molar-refractivity contribution in [3.05, 3.63) is 35.7 Å². The molecule has 3 rings (SSSR count). The van der Waals surface area contributed by atoms with E-state index in [1.807, 2.05) is 0 Å². The molecule has 0 N–H and O–H groups in total. The summed E-state index contributed by atoms with van der Waals surface area (Å²) < 4.78 is 5.85. The van der Waals surface area contributed by atoms with E-state index in [1.54, 1.807) is 0 Å². The van der Waals surface area contributed by atoms with Gasteiger partial charge in [0.2, 0.25) is 11.8 Å². The van der Waals surface area contributed by atoms with E-state index < -0.39 is 0 Å². The number of nitrogens with zero attached hydrogens (tertiary/aromatic N) is 4. The second kappa shape index (κ2) is 6.42. The van der Waals surface area contributed by atoms with Gasteiger partial charge in [0, 0.05) is 31.7 Å². The third kappa shape index (κ3) is 3.98. The fourth-order valence-corrected chi connectivity index (χ4v) is 2.74. The average Bonchev–Trinajstić information content (AvgIpc) is 2.97. The van der Waals surface area contributed by atoms with Crippen LogP contribution in [0, 0.1) is 0 Å². The van der Waals surface area contributed by atoms with Gasteiger partial charge in [0.15, 0.2) is 0 Å². The van der Waals surface area contributed by atoms with Crippen molar-refractivity contribution in [3.63, 3.8) is 0 Å². The summed E-state index contributed by atoms with van der Waals surface area (Å²) in [5.41, 5.74) is 2.44. The molecular weight excluding hydrogens is 288 g/mol. The van der Waals surface area contributed by atoms with E-state index in [1.165, 1.54) is 5.56 Å². The highest BCUT2D eigenvalue weighted by molar-refractivity contribution is 5.53. The van der Waals surface area contributed by atoms with Gasteiger partial charge in [-0.15, -0.1) is 10.2 Å². The van der Waals surface area contributed by atoms with Gasteiger partial charge in [-0.25, -0.2) is 0 Å². The van der Waals surface area contributed by atoms with Crippen LogP contribution in [-0.2, 0) is 12.0 Å². The molecular formula is C18H26N4O. The maximum atomic E-state index is 5.85. The van der Waals surface area contributed by atoms with E-state index in [0.717, 1.165) is 38.3 Å². The van der Waals surface area contributed by atoms with Gasteiger partial charge in [-0.2, -0.15) is 0 Å². The predicted molar refractivity (Wildman–Crippen MR) is 91.2 cm³/mol. The molecule has 2 heterocycles. The molecule has 5 nitrogen and oxygen atoms in total. The second-order valence-electron chi connectivity index (χ2n) is 7.41. The molecule has 0 saturated carbocycles. The quantitative estimate of drug-likeness (QED) is 0.872. The first-order chi connectivity index (χ1) is 10.9. The number of rotatable bonds is 3. The van der Waals surface area contributed by atoms with E-state index in [0.29, 0.717) is 11.8 Å².